The molecule has 24 heavy (non-hydrogen) atoms. The van der Waals surface area contributed by atoms with Crippen LogP contribution in [0, 0.1) is 0 Å². The van der Waals surface area contributed by atoms with Crippen molar-refractivity contribution in [1.82, 2.24) is 15.0 Å². The van der Waals surface area contributed by atoms with E-state index in [2.05, 4.69) is 15.0 Å². The highest BCUT2D eigenvalue weighted by atomic mass is 16.4. The molecular weight excluding hydrogens is 302 g/mol. The molecule has 5 nitrogen and oxygen atoms in total. The number of hydrogen-bond donors (Lipinski definition) is 1. The van der Waals surface area contributed by atoms with E-state index in [1.165, 1.54) is 6.20 Å². The van der Waals surface area contributed by atoms with Gasteiger partial charge in [-0.05, 0) is 30.2 Å². The number of benzene rings is 1. The summed E-state index contributed by atoms with van der Waals surface area (Å²) in [5.41, 5.74) is 2.39. The van der Waals surface area contributed by atoms with Gasteiger partial charge in [-0.3, -0.25) is 0 Å². The third kappa shape index (κ3) is 3.30. The smallest absolute Gasteiger partial charge is 0.339 e. The first kappa shape index (κ1) is 15.8. The minimum absolute atomic E-state index is 0.00467. The summed E-state index contributed by atoms with van der Waals surface area (Å²) in [6.07, 6.45) is 4.93. The van der Waals surface area contributed by atoms with Gasteiger partial charge in [-0.15, -0.1) is 0 Å². The third-order valence-corrected chi connectivity index (χ3v) is 3.64. The Bertz CT molecular complexity index is 933. The molecule has 3 aromatic rings. The van der Waals surface area contributed by atoms with E-state index >= 15 is 0 Å². The lowest BCUT2D eigenvalue weighted by atomic mass is 10.1. The zero-order valence-electron chi connectivity index (χ0n) is 13.5. The molecule has 0 saturated heterocycles. The van der Waals surface area contributed by atoms with Gasteiger partial charge >= 0.3 is 5.97 Å². The molecule has 1 aromatic carbocycles. The van der Waals surface area contributed by atoms with E-state index in [0.29, 0.717) is 11.5 Å². The van der Waals surface area contributed by atoms with Crippen LogP contribution in [0.1, 0.15) is 47.3 Å². The van der Waals surface area contributed by atoms with Gasteiger partial charge in [0.05, 0.1) is 22.5 Å². The fraction of sp³-hybridized carbons (Fsp3) is 0.158. The summed E-state index contributed by atoms with van der Waals surface area (Å²) in [4.78, 5) is 24.3. The van der Waals surface area contributed by atoms with Crippen molar-refractivity contribution in [2.75, 3.05) is 0 Å². The first-order valence-corrected chi connectivity index (χ1v) is 7.68. The minimum atomic E-state index is -1.01. The third-order valence-electron chi connectivity index (χ3n) is 3.64. The van der Waals surface area contributed by atoms with Crippen molar-refractivity contribution >= 4 is 29.0 Å². The number of pyridine rings is 1. The quantitative estimate of drug-likeness (QED) is 0.786. The Morgan fingerprint density at radius 1 is 1.08 bits per heavy atom. The van der Waals surface area contributed by atoms with Gasteiger partial charge in [0.15, 0.2) is 5.82 Å². The van der Waals surface area contributed by atoms with Gasteiger partial charge in [0.25, 0.3) is 0 Å². The Balaban J connectivity index is 1.93. The van der Waals surface area contributed by atoms with E-state index in [-0.39, 0.29) is 11.5 Å². The lowest BCUT2D eigenvalue weighted by molar-refractivity contribution is 0.0694. The fourth-order valence-electron chi connectivity index (χ4n) is 2.43. The van der Waals surface area contributed by atoms with Crippen molar-refractivity contribution in [2.45, 2.75) is 19.8 Å². The van der Waals surface area contributed by atoms with Gasteiger partial charge in [-0.25, -0.2) is 19.7 Å². The van der Waals surface area contributed by atoms with Crippen LogP contribution >= 0.6 is 0 Å². The van der Waals surface area contributed by atoms with Crippen molar-refractivity contribution < 1.29 is 9.90 Å². The Morgan fingerprint density at radius 3 is 2.62 bits per heavy atom. The van der Waals surface area contributed by atoms with Gasteiger partial charge in [0, 0.05) is 11.6 Å². The van der Waals surface area contributed by atoms with E-state index in [4.69, 9.17) is 0 Å². The van der Waals surface area contributed by atoms with Crippen molar-refractivity contribution in [3.8, 4) is 0 Å². The van der Waals surface area contributed by atoms with E-state index in [1.54, 1.807) is 6.08 Å². The summed E-state index contributed by atoms with van der Waals surface area (Å²) in [5, 5.41) is 10.3. The van der Waals surface area contributed by atoms with Crippen LogP contribution in [0.3, 0.4) is 0 Å². The number of hydrogen-bond acceptors (Lipinski definition) is 4. The number of aromatic nitrogens is 3. The lowest BCUT2D eigenvalue weighted by Crippen LogP contribution is -2.08. The molecule has 120 valence electrons. The Morgan fingerprint density at radius 2 is 1.88 bits per heavy atom. The average molecular weight is 319 g/mol. The zero-order valence-corrected chi connectivity index (χ0v) is 13.5. The minimum Gasteiger partial charge on any atom is -0.478 e. The van der Waals surface area contributed by atoms with Crippen molar-refractivity contribution in [2.24, 2.45) is 0 Å². The van der Waals surface area contributed by atoms with Crippen LogP contribution < -0.4 is 0 Å². The largest absolute Gasteiger partial charge is 0.478 e. The first-order valence-electron chi connectivity index (χ1n) is 7.68. The molecular formula is C19H17N3O2. The van der Waals surface area contributed by atoms with E-state index < -0.39 is 5.97 Å². The van der Waals surface area contributed by atoms with Crippen LogP contribution in [-0.4, -0.2) is 26.0 Å². The van der Waals surface area contributed by atoms with Crippen molar-refractivity contribution in [3.63, 3.8) is 0 Å². The van der Waals surface area contributed by atoms with E-state index in [9.17, 15) is 9.90 Å². The van der Waals surface area contributed by atoms with Crippen LogP contribution in [0.25, 0.3) is 23.1 Å². The maximum absolute atomic E-state index is 11.2. The van der Waals surface area contributed by atoms with Crippen LogP contribution in [0.2, 0.25) is 0 Å². The highest BCUT2D eigenvalue weighted by Crippen LogP contribution is 2.18. The van der Waals surface area contributed by atoms with Crippen molar-refractivity contribution in [3.05, 3.63) is 65.4 Å². The Hall–Kier alpha value is -3.08. The highest BCUT2D eigenvalue weighted by molar-refractivity contribution is 5.88. The Labute approximate surface area is 139 Å². The number of carboxylic acids is 1. The summed E-state index contributed by atoms with van der Waals surface area (Å²) in [6.45, 7) is 3.82. The number of carbonyl (C=O) groups is 1. The lowest BCUT2D eigenvalue weighted by Gasteiger charge is -2.08. The summed E-state index contributed by atoms with van der Waals surface area (Å²) < 4.78 is 0. The molecule has 0 saturated carbocycles. The van der Waals surface area contributed by atoms with E-state index in [0.717, 1.165) is 16.6 Å². The molecule has 0 atom stereocenters. The predicted molar refractivity (Wildman–Crippen MR) is 93.8 cm³/mol. The van der Waals surface area contributed by atoms with Crippen LogP contribution in [-0.2, 0) is 0 Å². The molecule has 0 amide bonds. The second-order valence-corrected chi connectivity index (χ2v) is 5.75. The average Bonchev–Trinajstić information content (AvgIpc) is 2.59. The van der Waals surface area contributed by atoms with Crippen LogP contribution in [0.15, 0.2) is 42.6 Å². The van der Waals surface area contributed by atoms with Gasteiger partial charge in [0.1, 0.15) is 0 Å². The maximum Gasteiger partial charge on any atom is 0.339 e. The summed E-state index contributed by atoms with van der Waals surface area (Å²) in [7, 11) is 0. The van der Waals surface area contributed by atoms with Gasteiger partial charge in [-0.1, -0.05) is 38.1 Å². The molecule has 0 unspecified atom stereocenters. The fourth-order valence-corrected chi connectivity index (χ4v) is 2.43. The standard InChI is InChI=1S/C19H17N3O2/c1-12(2)18-15(19(23)24)11-20-17(22-18)10-9-14-8-7-13-5-3-4-6-16(13)21-14/h3-12H,1-2H3,(H,23,24). The molecule has 3 rings (SSSR count). The molecule has 0 aliphatic rings. The number of fused-ring (bicyclic) bond motifs is 1. The molecule has 0 aliphatic heterocycles. The summed E-state index contributed by atoms with van der Waals surface area (Å²) >= 11 is 0. The van der Waals surface area contributed by atoms with Crippen LogP contribution in [0.5, 0.6) is 0 Å². The summed E-state index contributed by atoms with van der Waals surface area (Å²) in [6, 6.07) is 11.8. The van der Waals surface area contributed by atoms with Gasteiger partial charge in [-0.2, -0.15) is 0 Å². The predicted octanol–water partition coefficient (Wildman–Crippen LogP) is 4.02. The number of nitrogens with zero attached hydrogens (tertiary/aromatic N) is 3. The maximum atomic E-state index is 11.2. The molecule has 0 fully saturated rings. The first-order chi connectivity index (χ1) is 11.5. The number of para-hydroxylation sites is 1. The molecule has 0 bridgehead atoms. The SMILES string of the molecule is CC(C)c1nc(C=Cc2ccc3ccccc3n2)ncc1C(=O)O. The second-order valence-electron chi connectivity index (χ2n) is 5.75. The number of carboxylic acid groups (broad SMARTS) is 1. The molecule has 1 N–H and O–H groups in total. The molecule has 2 aromatic heterocycles. The molecule has 0 spiro atoms. The molecule has 0 aliphatic carbocycles. The number of rotatable bonds is 4. The van der Waals surface area contributed by atoms with Gasteiger partial charge < -0.3 is 5.11 Å². The second kappa shape index (κ2) is 6.58. The summed E-state index contributed by atoms with van der Waals surface area (Å²) in [5.74, 6) is -0.533. The van der Waals surface area contributed by atoms with E-state index in [1.807, 2.05) is 56.3 Å². The molecule has 2 heterocycles. The van der Waals surface area contributed by atoms with Crippen LogP contribution in [0.4, 0.5) is 0 Å². The monoisotopic (exact) mass is 319 g/mol. The van der Waals surface area contributed by atoms with Crippen molar-refractivity contribution in [1.29, 1.82) is 0 Å². The molecule has 5 heteroatoms. The number of aromatic carboxylic acids is 1. The normalized spacial score (nSPS) is 11.5. The Kier molecular flexibility index (Phi) is 4.33. The zero-order chi connectivity index (χ0) is 17.1. The molecule has 0 radical (unpaired) electrons. The highest BCUT2D eigenvalue weighted by Gasteiger charge is 2.15. The van der Waals surface area contributed by atoms with Gasteiger partial charge in [0.2, 0.25) is 0 Å². The topological polar surface area (TPSA) is 76.0 Å².